The third-order valence-corrected chi connectivity index (χ3v) is 5.66. The summed E-state index contributed by atoms with van der Waals surface area (Å²) in [6, 6.07) is 9.48. The van der Waals surface area contributed by atoms with Crippen LogP contribution in [0.1, 0.15) is 5.56 Å². The van der Waals surface area contributed by atoms with Gasteiger partial charge in [0.1, 0.15) is 11.6 Å². The molecule has 154 valence electrons. The zero-order valence-corrected chi connectivity index (χ0v) is 16.0. The summed E-state index contributed by atoms with van der Waals surface area (Å²) < 4.78 is 93.4. The molecule has 3 rings (SSSR count). The molecule has 0 saturated carbocycles. The zero-order chi connectivity index (χ0) is 21.6. The molecular formula is C19H15F5N2O2S. The van der Waals surface area contributed by atoms with E-state index in [9.17, 15) is 30.4 Å². The molecule has 0 unspecified atom stereocenters. The Kier molecular flexibility index (Phi) is 5.16. The average Bonchev–Trinajstić information content (AvgIpc) is 2.62. The number of fused-ring (bicyclic) bond motifs is 1. The van der Waals surface area contributed by atoms with Gasteiger partial charge in [-0.05, 0) is 18.2 Å². The summed E-state index contributed by atoms with van der Waals surface area (Å²) in [5.74, 6) is -3.33. The molecule has 0 amide bonds. The van der Waals surface area contributed by atoms with Crippen molar-refractivity contribution in [3.8, 4) is 0 Å². The summed E-state index contributed by atoms with van der Waals surface area (Å²) in [4.78, 5) is 1.55. The number of hydrogen-bond donors (Lipinski definition) is 1. The molecule has 3 aromatic rings. The summed E-state index contributed by atoms with van der Waals surface area (Å²) in [7, 11) is -0.882. The molecule has 10 heteroatoms. The summed E-state index contributed by atoms with van der Waals surface area (Å²) in [6.07, 6.45) is -5.11. The van der Waals surface area contributed by atoms with Crippen molar-refractivity contribution < 1.29 is 30.4 Å². The van der Waals surface area contributed by atoms with Crippen LogP contribution in [0.2, 0.25) is 0 Å². The van der Waals surface area contributed by atoms with Crippen LogP contribution in [0.5, 0.6) is 0 Å². The maximum atomic E-state index is 14.1. The number of benzene rings is 3. The van der Waals surface area contributed by atoms with Crippen molar-refractivity contribution in [1.82, 2.24) is 0 Å². The van der Waals surface area contributed by atoms with Crippen LogP contribution in [0.25, 0.3) is 10.8 Å². The molecule has 0 fully saturated rings. The van der Waals surface area contributed by atoms with Crippen molar-refractivity contribution in [3.63, 3.8) is 0 Å². The SMILES string of the molecule is CN(C)c1cccc2c(S(=O)(=O)Nc3cc(F)c(C(F)(F)F)cc3F)cccc12. The van der Waals surface area contributed by atoms with Crippen LogP contribution in [-0.4, -0.2) is 22.5 Å². The minimum atomic E-state index is -5.11. The maximum absolute atomic E-state index is 14.1. The zero-order valence-electron chi connectivity index (χ0n) is 15.2. The van der Waals surface area contributed by atoms with Crippen molar-refractivity contribution in [2.45, 2.75) is 11.1 Å². The minimum Gasteiger partial charge on any atom is -0.377 e. The van der Waals surface area contributed by atoms with Crippen molar-refractivity contribution in [2.24, 2.45) is 0 Å². The number of rotatable bonds is 4. The van der Waals surface area contributed by atoms with Gasteiger partial charge in [-0.25, -0.2) is 17.2 Å². The second-order valence-corrected chi connectivity index (χ2v) is 8.09. The van der Waals surface area contributed by atoms with Crippen molar-refractivity contribution in [3.05, 3.63) is 65.7 Å². The Balaban J connectivity index is 2.10. The molecule has 0 aliphatic carbocycles. The number of nitrogens with zero attached hydrogens (tertiary/aromatic N) is 1. The van der Waals surface area contributed by atoms with Gasteiger partial charge in [0.2, 0.25) is 0 Å². The third kappa shape index (κ3) is 3.98. The first-order valence-electron chi connectivity index (χ1n) is 8.20. The molecule has 0 atom stereocenters. The molecular weight excluding hydrogens is 415 g/mol. The van der Waals surface area contributed by atoms with Crippen LogP contribution in [0.4, 0.5) is 33.3 Å². The van der Waals surface area contributed by atoms with Gasteiger partial charge >= 0.3 is 6.18 Å². The molecule has 1 N–H and O–H groups in total. The molecule has 0 aliphatic rings. The second kappa shape index (κ2) is 7.18. The van der Waals surface area contributed by atoms with Gasteiger partial charge in [0.15, 0.2) is 0 Å². The first kappa shape index (κ1) is 20.8. The van der Waals surface area contributed by atoms with Crippen molar-refractivity contribution >= 4 is 32.2 Å². The van der Waals surface area contributed by atoms with Gasteiger partial charge in [0.25, 0.3) is 10.0 Å². The number of anilines is 2. The van der Waals surface area contributed by atoms with E-state index in [1.165, 1.54) is 12.1 Å². The minimum absolute atomic E-state index is 0.0829. The predicted octanol–water partition coefficient (Wildman–Crippen LogP) is 5.00. The average molecular weight is 430 g/mol. The number of halogens is 5. The molecule has 4 nitrogen and oxygen atoms in total. The van der Waals surface area contributed by atoms with E-state index in [0.29, 0.717) is 10.8 Å². The molecule has 0 radical (unpaired) electrons. The van der Waals surface area contributed by atoms with E-state index in [1.54, 1.807) is 43.3 Å². The van der Waals surface area contributed by atoms with E-state index in [-0.39, 0.29) is 17.0 Å². The Morgan fingerprint density at radius 1 is 0.897 bits per heavy atom. The Hall–Kier alpha value is -2.88. The first-order chi connectivity index (χ1) is 13.4. The molecule has 0 saturated heterocycles. The normalized spacial score (nSPS) is 12.2. The van der Waals surface area contributed by atoms with E-state index in [1.807, 2.05) is 4.72 Å². The molecule has 0 bridgehead atoms. The monoisotopic (exact) mass is 430 g/mol. The molecule has 0 aliphatic heterocycles. The van der Waals surface area contributed by atoms with E-state index < -0.39 is 39.1 Å². The Morgan fingerprint density at radius 3 is 2.14 bits per heavy atom. The van der Waals surface area contributed by atoms with Crippen molar-refractivity contribution in [2.75, 3.05) is 23.7 Å². The number of hydrogen-bond acceptors (Lipinski definition) is 3. The van der Waals surface area contributed by atoms with Crippen molar-refractivity contribution in [1.29, 1.82) is 0 Å². The van der Waals surface area contributed by atoms with Crippen LogP contribution in [-0.2, 0) is 16.2 Å². The topological polar surface area (TPSA) is 49.4 Å². The predicted molar refractivity (Wildman–Crippen MR) is 100 cm³/mol. The van der Waals surface area contributed by atoms with Gasteiger partial charge < -0.3 is 4.90 Å². The first-order valence-corrected chi connectivity index (χ1v) is 9.68. The van der Waals surface area contributed by atoms with Gasteiger partial charge in [-0.3, -0.25) is 4.72 Å². The van der Waals surface area contributed by atoms with E-state index in [0.717, 1.165) is 5.69 Å². The standard InChI is InChI=1S/C19H15F5N2O2S/c1-26(2)17-7-3-6-12-11(17)5-4-8-18(12)29(27,28)25-16-10-14(20)13(9-15(16)21)19(22,23)24/h3-10,25H,1-2H3. The van der Waals surface area contributed by atoms with Gasteiger partial charge in [-0.2, -0.15) is 13.2 Å². The number of nitrogens with one attached hydrogen (secondary N) is 1. The highest BCUT2D eigenvalue weighted by Crippen LogP contribution is 2.35. The fourth-order valence-electron chi connectivity index (χ4n) is 2.93. The highest BCUT2D eigenvalue weighted by atomic mass is 32.2. The molecule has 0 spiro atoms. The molecule has 0 aromatic heterocycles. The molecule has 29 heavy (non-hydrogen) atoms. The lowest BCUT2D eigenvalue weighted by molar-refractivity contribution is -0.140. The van der Waals surface area contributed by atoms with Gasteiger partial charge in [-0.15, -0.1) is 0 Å². The highest BCUT2D eigenvalue weighted by molar-refractivity contribution is 7.93. The Bertz CT molecular complexity index is 1190. The van der Waals surface area contributed by atoms with E-state index in [2.05, 4.69) is 0 Å². The van der Waals surface area contributed by atoms with Crippen LogP contribution in [0.3, 0.4) is 0 Å². The lowest BCUT2D eigenvalue weighted by Crippen LogP contribution is -2.16. The summed E-state index contributed by atoms with van der Waals surface area (Å²) >= 11 is 0. The largest absolute Gasteiger partial charge is 0.419 e. The lowest BCUT2D eigenvalue weighted by Gasteiger charge is -2.17. The van der Waals surface area contributed by atoms with Crippen LogP contribution in [0.15, 0.2) is 53.4 Å². The third-order valence-electron chi connectivity index (χ3n) is 4.24. The fraction of sp³-hybridized carbons (Fsp3) is 0.158. The van der Waals surface area contributed by atoms with Gasteiger partial charge in [0, 0.05) is 36.6 Å². The lowest BCUT2D eigenvalue weighted by atomic mass is 10.1. The summed E-state index contributed by atoms with van der Waals surface area (Å²) in [5, 5.41) is 0.915. The van der Waals surface area contributed by atoms with Crippen LogP contribution < -0.4 is 9.62 Å². The second-order valence-electron chi connectivity index (χ2n) is 6.44. The van der Waals surface area contributed by atoms with Gasteiger partial charge in [0.05, 0.1) is 16.1 Å². The fourth-order valence-corrected chi connectivity index (χ4v) is 4.21. The summed E-state index contributed by atoms with van der Waals surface area (Å²) in [6.45, 7) is 0. The Labute approximate surface area is 163 Å². The quantitative estimate of drug-likeness (QED) is 0.593. The molecule has 0 heterocycles. The van der Waals surface area contributed by atoms with Crippen LogP contribution >= 0.6 is 0 Å². The van der Waals surface area contributed by atoms with Crippen LogP contribution in [0, 0.1) is 11.6 Å². The van der Waals surface area contributed by atoms with Gasteiger partial charge in [-0.1, -0.05) is 24.3 Å². The number of sulfonamides is 1. The maximum Gasteiger partial charge on any atom is 0.419 e. The molecule has 3 aromatic carbocycles. The smallest absolute Gasteiger partial charge is 0.377 e. The summed E-state index contributed by atoms with van der Waals surface area (Å²) in [5.41, 5.74) is -2.01. The highest BCUT2D eigenvalue weighted by Gasteiger charge is 2.35. The number of alkyl halides is 3. The van der Waals surface area contributed by atoms with E-state index >= 15 is 0 Å². The Morgan fingerprint density at radius 2 is 1.52 bits per heavy atom. The van der Waals surface area contributed by atoms with E-state index in [4.69, 9.17) is 0 Å².